The van der Waals surface area contributed by atoms with E-state index in [-0.39, 0.29) is 16.8 Å². The Labute approximate surface area is 206 Å². The van der Waals surface area contributed by atoms with Crippen LogP contribution in [-0.4, -0.2) is 31.2 Å². The van der Waals surface area contributed by atoms with Crippen LogP contribution in [0.15, 0.2) is 94.7 Å². The van der Waals surface area contributed by atoms with E-state index in [0.29, 0.717) is 12.2 Å². The Hall–Kier alpha value is -2.61. The van der Waals surface area contributed by atoms with Crippen molar-refractivity contribution in [2.24, 2.45) is 0 Å². The molecule has 1 heterocycles. The summed E-state index contributed by atoms with van der Waals surface area (Å²) in [6, 6.07) is 26.1. The van der Waals surface area contributed by atoms with E-state index < -0.39 is 15.3 Å². The maximum Gasteiger partial charge on any atom is 0.243 e. The summed E-state index contributed by atoms with van der Waals surface area (Å²) in [5, 5.41) is 2.53. The lowest BCUT2D eigenvalue weighted by Gasteiger charge is -2.34. The van der Waals surface area contributed by atoms with Gasteiger partial charge in [0.2, 0.25) is 15.9 Å². The highest BCUT2D eigenvalue weighted by molar-refractivity contribution is 8.00. The molecule has 0 bridgehead atoms. The number of carbonyl (C=O) groups is 1. The van der Waals surface area contributed by atoms with Gasteiger partial charge in [0.05, 0.1) is 4.90 Å². The molecule has 0 radical (unpaired) electrons. The summed E-state index contributed by atoms with van der Waals surface area (Å²) < 4.78 is 28.1. The topological polar surface area (TPSA) is 66.5 Å². The molecular formula is C27H30N2O3S2. The van der Waals surface area contributed by atoms with E-state index in [1.165, 1.54) is 11.8 Å². The van der Waals surface area contributed by atoms with Gasteiger partial charge in [-0.2, -0.15) is 4.31 Å². The van der Waals surface area contributed by atoms with Crippen molar-refractivity contribution < 1.29 is 13.2 Å². The van der Waals surface area contributed by atoms with Gasteiger partial charge in [0.1, 0.15) is 5.25 Å². The van der Waals surface area contributed by atoms with Crippen LogP contribution in [0, 0.1) is 0 Å². The molecule has 1 N–H and O–H groups in total. The van der Waals surface area contributed by atoms with Crippen LogP contribution in [-0.2, 0) is 14.8 Å². The maximum absolute atomic E-state index is 13.3. The first-order valence-corrected chi connectivity index (χ1v) is 14.0. The second-order valence-corrected chi connectivity index (χ2v) is 11.5. The molecule has 0 aromatic heterocycles. The zero-order valence-electron chi connectivity index (χ0n) is 19.3. The third-order valence-corrected chi connectivity index (χ3v) is 9.34. The molecule has 2 unspecified atom stereocenters. The van der Waals surface area contributed by atoms with E-state index >= 15 is 0 Å². The Bertz CT molecular complexity index is 1180. The summed E-state index contributed by atoms with van der Waals surface area (Å²) in [4.78, 5) is 14.5. The Morgan fingerprint density at radius 3 is 2.26 bits per heavy atom. The molecule has 3 aromatic carbocycles. The molecule has 0 spiro atoms. The first-order valence-electron chi connectivity index (χ1n) is 11.7. The maximum atomic E-state index is 13.3. The fourth-order valence-electron chi connectivity index (χ4n) is 4.29. The average molecular weight is 495 g/mol. The summed E-state index contributed by atoms with van der Waals surface area (Å²) in [6.45, 7) is 2.60. The Morgan fingerprint density at radius 1 is 0.971 bits per heavy atom. The molecule has 1 fully saturated rings. The van der Waals surface area contributed by atoms with Crippen LogP contribution in [0.25, 0.3) is 0 Å². The number of nitrogens with zero attached hydrogens (tertiary/aromatic N) is 1. The summed E-state index contributed by atoms with van der Waals surface area (Å²) in [5.74, 6) is -0.155. The Morgan fingerprint density at radius 2 is 1.62 bits per heavy atom. The van der Waals surface area contributed by atoms with Gasteiger partial charge < -0.3 is 5.32 Å². The van der Waals surface area contributed by atoms with Gasteiger partial charge in [-0.25, -0.2) is 8.42 Å². The number of benzene rings is 3. The highest BCUT2D eigenvalue weighted by Gasteiger charge is 2.32. The highest BCUT2D eigenvalue weighted by Crippen LogP contribution is 2.36. The molecule has 0 aliphatic carbocycles. The van der Waals surface area contributed by atoms with Crippen molar-refractivity contribution in [3.63, 3.8) is 0 Å². The van der Waals surface area contributed by atoms with Crippen LogP contribution in [0.5, 0.6) is 0 Å². The highest BCUT2D eigenvalue weighted by atomic mass is 32.2. The van der Waals surface area contributed by atoms with E-state index in [0.717, 1.165) is 36.1 Å². The molecule has 3 aromatic rings. The molecule has 7 heteroatoms. The Balaban J connectivity index is 1.51. The average Bonchev–Trinajstić information content (AvgIpc) is 2.88. The second-order valence-electron chi connectivity index (χ2n) is 8.41. The molecule has 1 aliphatic rings. The third-order valence-electron chi connectivity index (χ3n) is 6.11. The first kappa shape index (κ1) is 24.5. The van der Waals surface area contributed by atoms with E-state index in [9.17, 15) is 13.2 Å². The van der Waals surface area contributed by atoms with E-state index in [2.05, 4.69) is 5.32 Å². The molecule has 178 valence electrons. The molecule has 1 aliphatic heterocycles. The number of sulfonamides is 1. The third kappa shape index (κ3) is 5.71. The van der Waals surface area contributed by atoms with Crippen molar-refractivity contribution in [3.8, 4) is 0 Å². The quantitative estimate of drug-likeness (QED) is 0.384. The molecule has 1 amide bonds. The van der Waals surface area contributed by atoms with Gasteiger partial charge in [-0.05, 0) is 61.2 Å². The molecular weight excluding hydrogens is 464 g/mol. The summed E-state index contributed by atoms with van der Waals surface area (Å²) >= 11 is 1.48. The summed E-state index contributed by atoms with van der Waals surface area (Å²) in [5.41, 5.74) is 1.48. The normalized spacial score (nSPS) is 17.7. The van der Waals surface area contributed by atoms with Gasteiger partial charge in [-0.3, -0.25) is 4.79 Å². The fraction of sp³-hybridized carbons (Fsp3) is 0.296. The number of thioether (sulfide) groups is 1. The predicted molar refractivity (Wildman–Crippen MR) is 138 cm³/mol. The lowest BCUT2D eigenvalue weighted by molar-refractivity contribution is -0.115. The minimum atomic E-state index is -3.55. The lowest BCUT2D eigenvalue weighted by Crippen LogP contribution is -2.43. The predicted octanol–water partition coefficient (Wildman–Crippen LogP) is 6.11. The van der Waals surface area contributed by atoms with Crippen LogP contribution in [0.4, 0.5) is 5.69 Å². The first-order chi connectivity index (χ1) is 16.5. The monoisotopic (exact) mass is 494 g/mol. The van der Waals surface area contributed by atoms with Crippen molar-refractivity contribution in [2.75, 3.05) is 11.9 Å². The molecule has 1 saturated heterocycles. The summed E-state index contributed by atoms with van der Waals surface area (Å²) in [7, 11) is -3.55. The minimum absolute atomic E-state index is 0.0553. The number of hydrogen-bond acceptors (Lipinski definition) is 4. The molecule has 5 nitrogen and oxygen atoms in total. The number of amides is 1. The molecule has 2 atom stereocenters. The number of nitrogens with one attached hydrogen (secondary N) is 1. The molecule has 0 saturated carbocycles. The standard InChI is InChI=1S/C27H30N2O3S2/c1-2-23-13-9-10-20-29(23)34(31,32)25-18-16-22(17-19-25)28-27(30)26(21-11-5-3-6-12-21)33-24-14-7-4-8-15-24/h3-8,11-12,14-19,23,26H,2,9-10,13,20H2,1H3,(H,28,30). The lowest BCUT2D eigenvalue weighted by atomic mass is 10.0. The zero-order valence-corrected chi connectivity index (χ0v) is 20.9. The molecule has 34 heavy (non-hydrogen) atoms. The SMILES string of the molecule is CCC1CCCCN1S(=O)(=O)c1ccc(NC(=O)C(Sc2ccccc2)c2ccccc2)cc1. The summed E-state index contributed by atoms with van der Waals surface area (Å²) in [6.07, 6.45) is 3.68. The van der Waals surface area contributed by atoms with Crippen LogP contribution >= 0.6 is 11.8 Å². The van der Waals surface area contributed by atoms with Gasteiger partial charge >= 0.3 is 0 Å². The number of piperidine rings is 1. The van der Waals surface area contributed by atoms with E-state index in [1.54, 1.807) is 28.6 Å². The van der Waals surface area contributed by atoms with Crippen LogP contribution in [0.3, 0.4) is 0 Å². The number of carbonyl (C=O) groups excluding carboxylic acids is 1. The van der Waals surface area contributed by atoms with Crippen molar-refractivity contribution in [1.82, 2.24) is 4.31 Å². The van der Waals surface area contributed by atoms with Crippen molar-refractivity contribution in [1.29, 1.82) is 0 Å². The van der Waals surface area contributed by atoms with E-state index in [4.69, 9.17) is 0 Å². The molecule has 4 rings (SSSR count). The number of anilines is 1. The van der Waals surface area contributed by atoms with Gasteiger partial charge in [-0.15, -0.1) is 11.8 Å². The van der Waals surface area contributed by atoms with E-state index in [1.807, 2.05) is 67.6 Å². The van der Waals surface area contributed by atoms with Crippen molar-refractivity contribution in [2.45, 2.75) is 53.7 Å². The Kier molecular flexibility index (Phi) is 8.08. The smallest absolute Gasteiger partial charge is 0.243 e. The number of hydrogen-bond donors (Lipinski definition) is 1. The van der Waals surface area contributed by atoms with Gasteiger partial charge in [0.15, 0.2) is 0 Å². The van der Waals surface area contributed by atoms with Crippen LogP contribution in [0.2, 0.25) is 0 Å². The second kappa shape index (κ2) is 11.2. The number of rotatable bonds is 8. The van der Waals surface area contributed by atoms with Gasteiger partial charge in [0, 0.05) is 23.2 Å². The minimum Gasteiger partial charge on any atom is -0.325 e. The van der Waals surface area contributed by atoms with Crippen molar-refractivity contribution in [3.05, 3.63) is 90.5 Å². The van der Waals surface area contributed by atoms with Crippen LogP contribution in [0.1, 0.15) is 43.4 Å². The van der Waals surface area contributed by atoms with Crippen molar-refractivity contribution >= 4 is 33.4 Å². The zero-order chi connectivity index (χ0) is 24.0. The van der Waals surface area contributed by atoms with Crippen LogP contribution < -0.4 is 5.32 Å². The fourth-order valence-corrected chi connectivity index (χ4v) is 7.10. The van der Waals surface area contributed by atoms with Gasteiger partial charge in [-0.1, -0.05) is 61.9 Å². The largest absolute Gasteiger partial charge is 0.325 e. The van der Waals surface area contributed by atoms with Gasteiger partial charge in [0.25, 0.3) is 0 Å².